The van der Waals surface area contributed by atoms with Gasteiger partial charge in [-0.15, -0.1) is 0 Å². The van der Waals surface area contributed by atoms with Gasteiger partial charge in [0.25, 0.3) is 0 Å². The summed E-state index contributed by atoms with van der Waals surface area (Å²) in [5.74, 6) is -0.223. The zero-order chi connectivity index (χ0) is 16.7. The van der Waals surface area contributed by atoms with Crippen LogP contribution in [-0.2, 0) is 9.53 Å². The molecular weight excluding hydrogens is 294 g/mol. The number of nitrogens with zero attached hydrogens (tertiary/aromatic N) is 2. The molecule has 0 unspecified atom stereocenters. The topological polar surface area (TPSA) is 61.9 Å². The van der Waals surface area contributed by atoms with Crippen molar-refractivity contribution in [3.8, 4) is 0 Å². The molecule has 1 aliphatic rings. The first-order valence-electron chi connectivity index (χ1n) is 8.15. The molecule has 1 saturated heterocycles. The van der Waals surface area contributed by atoms with Gasteiger partial charge < -0.3 is 19.9 Å². The Labute approximate surface area is 137 Å². The molecule has 23 heavy (non-hydrogen) atoms. The van der Waals surface area contributed by atoms with Crippen LogP contribution < -0.4 is 5.32 Å². The van der Waals surface area contributed by atoms with Gasteiger partial charge in [-0.3, -0.25) is 4.79 Å². The third-order valence-electron chi connectivity index (χ3n) is 4.01. The van der Waals surface area contributed by atoms with Crippen LogP contribution in [0.5, 0.6) is 0 Å². The molecule has 0 aliphatic carbocycles. The number of likely N-dealkylation sites (N-methyl/N-ethyl adjacent to an activating group) is 1. The van der Waals surface area contributed by atoms with Crippen LogP contribution in [-0.4, -0.2) is 67.6 Å². The standard InChI is InChI=1S/C17H25N3O3/c1-3-19-9-11-20(12-10-19)16(21)13-18-15-7-5-14(6-8-15)17(22)23-4-2/h5-8,18H,3-4,9-13H2,1-2H3. The van der Waals surface area contributed by atoms with E-state index in [4.69, 9.17) is 4.74 Å². The molecule has 0 saturated carbocycles. The molecule has 1 N–H and O–H groups in total. The average Bonchev–Trinajstić information content (AvgIpc) is 2.60. The summed E-state index contributed by atoms with van der Waals surface area (Å²) in [5.41, 5.74) is 1.33. The van der Waals surface area contributed by atoms with Crippen LogP contribution in [0.2, 0.25) is 0 Å². The summed E-state index contributed by atoms with van der Waals surface area (Å²) in [6, 6.07) is 6.97. The monoisotopic (exact) mass is 319 g/mol. The summed E-state index contributed by atoms with van der Waals surface area (Å²) in [6.07, 6.45) is 0. The number of ether oxygens (including phenoxy) is 1. The number of rotatable bonds is 6. The van der Waals surface area contributed by atoms with Gasteiger partial charge in [0, 0.05) is 31.9 Å². The second kappa shape index (κ2) is 8.53. The van der Waals surface area contributed by atoms with Gasteiger partial charge in [-0.25, -0.2) is 4.79 Å². The normalized spacial score (nSPS) is 15.3. The van der Waals surface area contributed by atoms with E-state index in [0.29, 0.717) is 12.2 Å². The third-order valence-corrected chi connectivity index (χ3v) is 4.01. The molecule has 126 valence electrons. The summed E-state index contributed by atoms with van der Waals surface area (Å²) in [4.78, 5) is 28.0. The number of hydrogen-bond donors (Lipinski definition) is 1. The van der Waals surface area contributed by atoms with Crippen molar-refractivity contribution in [2.24, 2.45) is 0 Å². The van der Waals surface area contributed by atoms with Gasteiger partial charge in [0.05, 0.1) is 18.7 Å². The smallest absolute Gasteiger partial charge is 0.338 e. The molecule has 1 amide bonds. The largest absolute Gasteiger partial charge is 0.462 e. The molecule has 1 aliphatic heterocycles. The fourth-order valence-electron chi connectivity index (χ4n) is 2.54. The van der Waals surface area contributed by atoms with Crippen molar-refractivity contribution in [3.63, 3.8) is 0 Å². The number of nitrogens with one attached hydrogen (secondary N) is 1. The second-order valence-electron chi connectivity index (χ2n) is 5.47. The van der Waals surface area contributed by atoms with Gasteiger partial charge in [0.15, 0.2) is 0 Å². The molecule has 1 aromatic carbocycles. The minimum atomic E-state index is -0.330. The van der Waals surface area contributed by atoms with Gasteiger partial charge in [0.2, 0.25) is 5.91 Å². The molecule has 0 bridgehead atoms. The molecule has 1 heterocycles. The Bertz CT molecular complexity index is 522. The van der Waals surface area contributed by atoms with Crippen molar-refractivity contribution in [2.75, 3.05) is 51.2 Å². The number of esters is 1. The Morgan fingerprint density at radius 3 is 2.30 bits per heavy atom. The van der Waals surface area contributed by atoms with Crippen molar-refractivity contribution < 1.29 is 14.3 Å². The minimum Gasteiger partial charge on any atom is -0.462 e. The first-order chi connectivity index (χ1) is 11.1. The maximum absolute atomic E-state index is 12.2. The summed E-state index contributed by atoms with van der Waals surface area (Å²) >= 11 is 0. The number of carbonyl (C=O) groups is 2. The fourth-order valence-corrected chi connectivity index (χ4v) is 2.54. The van der Waals surface area contributed by atoms with Crippen molar-refractivity contribution in [2.45, 2.75) is 13.8 Å². The average molecular weight is 319 g/mol. The Morgan fingerprint density at radius 1 is 1.09 bits per heavy atom. The maximum atomic E-state index is 12.2. The van der Waals surface area contributed by atoms with Gasteiger partial charge in [-0.1, -0.05) is 6.92 Å². The van der Waals surface area contributed by atoms with Crippen LogP contribution in [0.4, 0.5) is 5.69 Å². The zero-order valence-corrected chi connectivity index (χ0v) is 13.9. The molecule has 1 fully saturated rings. The van der Waals surface area contributed by atoms with Crippen LogP contribution in [0.3, 0.4) is 0 Å². The van der Waals surface area contributed by atoms with E-state index in [1.165, 1.54) is 0 Å². The quantitative estimate of drug-likeness (QED) is 0.804. The van der Waals surface area contributed by atoms with Gasteiger partial charge >= 0.3 is 5.97 Å². The highest BCUT2D eigenvalue weighted by Gasteiger charge is 2.19. The van der Waals surface area contributed by atoms with E-state index in [1.54, 1.807) is 31.2 Å². The molecule has 6 nitrogen and oxygen atoms in total. The molecule has 1 aromatic rings. The highest BCUT2D eigenvalue weighted by molar-refractivity contribution is 5.90. The number of amides is 1. The fraction of sp³-hybridized carbons (Fsp3) is 0.529. The van der Waals surface area contributed by atoms with Gasteiger partial charge in [0.1, 0.15) is 0 Å². The lowest BCUT2D eigenvalue weighted by Crippen LogP contribution is -2.49. The van der Waals surface area contributed by atoms with E-state index >= 15 is 0 Å². The van der Waals surface area contributed by atoms with Gasteiger partial charge in [-0.05, 0) is 37.7 Å². The number of benzene rings is 1. The van der Waals surface area contributed by atoms with E-state index in [9.17, 15) is 9.59 Å². The van der Waals surface area contributed by atoms with Crippen LogP contribution in [0.1, 0.15) is 24.2 Å². The lowest BCUT2D eigenvalue weighted by Gasteiger charge is -2.34. The highest BCUT2D eigenvalue weighted by atomic mass is 16.5. The summed E-state index contributed by atoms with van der Waals surface area (Å²) in [5, 5.41) is 3.11. The van der Waals surface area contributed by atoms with Crippen LogP contribution in [0.25, 0.3) is 0 Å². The SMILES string of the molecule is CCOC(=O)c1ccc(NCC(=O)N2CCN(CC)CC2)cc1. The Kier molecular flexibility index (Phi) is 6.40. The first kappa shape index (κ1) is 17.3. The third kappa shape index (κ3) is 4.96. The van der Waals surface area contributed by atoms with E-state index in [-0.39, 0.29) is 18.4 Å². The van der Waals surface area contributed by atoms with Crippen molar-refractivity contribution in [1.29, 1.82) is 0 Å². The molecule has 2 rings (SSSR count). The Morgan fingerprint density at radius 2 is 1.74 bits per heavy atom. The predicted octanol–water partition coefficient (Wildman–Crippen LogP) is 1.44. The first-order valence-corrected chi connectivity index (χ1v) is 8.15. The van der Waals surface area contributed by atoms with Crippen LogP contribution in [0.15, 0.2) is 24.3 Å². The second-order valence-corrected chi connectivity index (χ2v) is 5.47. The number of carbonyl (C=O) groups excluding carboxylic acids is 2. The van der Waals surface area contributed by atoms with E-state index in [2.05, 4.69) is 17.1 Å². The lowest BCUT2D eigenvalue weighted by atomic mass is 10.2. The zero-order valence-electron chi connectivity index (χ0n) is 13.9. The summed E-state index contributed by atoms with van der Waals surface area (Å²) in [6.45, 7) is 9.04. The number of piperazine rings is 1. The van der Waals surface area contributed by atoms with Crippen molar-refractivity contribution >= 4 is 17.6 Å². The minimum absolute atomic E-state index is 0.107. The number of anilines is 1. The van der Waals surface area contributed by atoms with E-state index < -0.39 is 0 Å². The van der Waals surface area contributed by atoms with E-state index in [0.717, 1.165) is 38.4 Å². The molecule has 6 heteroatoms. The van der Waals surface area contributed by atoms with E-state index in [1.807, 2.05) is 4.90 Å². The van der Waals surface area contributed by atoms with Crippen LogP contribution >= 0.6 is 0 Å². The Hall–Kier alpha value is -2.08. The van der Waals surface area contributed by atoms with Crippen LogP contribution in [0, 0.1) is 0 Å². The van der Waals surface area contributed by atoms with Gasteiger partial charge in [-0.2, -0.15) is 0 Å². The molecular formula is C17H25N3O3. The maximum Gasteiger partial charge on any atom is 0.338 e. The van der Waals surface area contributed by atoms with Crippen molar-refractivity contribution in [1.82, 2.24) is 9.80 Å². The van der Waals surface area contributed by atoms with Crippen molar-refractivity contribution in [3.05, 3.63) is 29.8 Å². The molecule has 0 aromatic heterocycles. The molecule has 0 spiro atoms. The lowest BCUT2D eigenvalue weighted by molar-refractivity contribution is -0.131. The predicted molar refractivity (Wildman–Crippen MR) is 89.6 cm³/mol. The molecule has 0 radical (unpaired) electrons. The molecule has 0 atom stereocenters. The number of hydrogen-bond acceptors (Lipinski definition) is 5. The summed E-state index contributed by atoms with van der Waals surface area (Å²) < 4.78 is 4.94. The Balaban J connectivity index is 1.79. The summed E-state index contributed by atoms with van der Waals surface area (Å²) in [7, 11) is 0. The highest BCUT2D eigenvalue weighted by Crippen LogP contribution is 2.11.